The summed E-state index contributed by atoms with van der Waals surface area (Å²) in [6.45, 7) is 2.63. The van der Waals surface area contributed by atoms with E-state index in [1.54, 1.807) is 11.8 Å². The first-order valence-corrected chi connectivity index (χ1v) is 10.8. The van der Waals surface area contributed by atoms with Gasteiger partial charge in [-0.25, -0.2) is 4.98 Å². The number of fused-ring (bicyclic) bond motifs is 1. The summed E-state index contributed by atoms with van der Waals surface area (Å²) in [6, 6.07) is 6.12. The molecule has 0 aliphatic carbocycles. The predicted molar refractivity (Wildman–Crippen MR) is 104 cm³/mol. The minimum atomic E-state index is 0.0234. The molecule has 1 N–H and O–H groups in total. The van der Waals surface area contributed by atoms with Crippen molar-refractivity contribution in [3.05, 3.63) is 29.3 Å². The van der Waals surface area contributed by atoms with Crippen LogP contribution in [-0.2, 0) is 0 Å². The van der Waals surface area contributed by atoms with Crippen LogP contribution in [0.4, 0.5) is 5.69 Å². The van der Waals surface area contributed by atoms with Gasteiger partial charge < -0.3 is 19.7 Å². The van der Waals surface area contributed by atoms with Gasteiger partial charge in [0.25, 0.3) is 5.91 Å². The van der Waals surface area contributed by atoms with Crippen molar-refractivity contribution in [2.75, 3.05) is 37.9 Å². The average Bonchev–Trinajstić information content (AvgIpc) is 3.17. The molecule has 2 aliphatic heterocycles. The molecule has 138 valence electrons. The van der Waals surface area contributed by atoms with Gasteiger partial charge in [-0.05, 0) is 31.2 Å². The number of thioether (sulfide) groups is 1. The van der Waals surface area contributed by atoms with Gasteiger partial charge in [0.2, 0.25) is 0 Å². The van der Waals surface area contributed by atoms with E-state index < -0.39 is 0 Å². The smallest absolute Gasteiger partial charge is 0.273 e. The first-order valence-electron chi connectivity index (χ1n) is 8.68. The van der Waals surface area contributed by atoms with Crippen molar-refractivity contribution < 1.29 is 14.3 Å². The Labute approximate surface area is 160 Å². The third-order valence-corrected chi connectivity index (χ3v) is 6.36. The van der Waals surface area contributed by atoms with Gasteiger partial charge >= 0.3 is 0 Å². The summed E-state index contributed by atoms with van der Waals surface area (Å²) >= 11 is 3.09. The van der Waals surface area contributed by atoms with Crippen LogP contribution in [0.3, 0.4) is 0 Å². The number of nitrogens with one attached hydrogen (secondary N) is 1. The van der Waals surface area contributed by atoms with Crippen LogP contribution in [0, 0.1) is 0 Å². The van der Waals surface area contributed by atoms with Crippen LogP contribution in [0.5, 0.6) is 11.5 Å². The standard InChI is InChI=1S/C18H21N3O3S2/c1-25-18-20-14(11-26-18)17(22)21-6-2-3-13(10-21)19-12-4-5-15-16(9-12)24-8-7-23-15/h4-5,9,11,13,19H,2-3,6-8,10H2,1H3. The van der Waals surface area contributed by atoms with Crippen LogP contribution in [0.15, 0.2) is 27.9 Å². The summed E-state index contributed by atoms with van der Waals surface area (Å²) in [5.41, 5.74) is 1.55. The summed E-state index contributed by atoms with van der Waals surface area (Å²) < 4.78 is 12.1. The van der Waals surface area contributed by atoms with Crippen molar-refractivity contribution in [3.8, 4) is 11.5 Å². The maximum atomic E-state index is 12.7. The molecule has 6 nitrogen and oxygen atoms in total. The minimum absolute atomic E-state index is 0.0234. The highest BCUT2D eigenvalue weighted by molar-refractivity contribution is 8.00. The lowest BCUT2D eigenvalue weighted by atomic mass is 10.0. The van der Waals surface area contributed by atoms with Gasteiger partial charge in [0.1, 0.15) is 23.2 Å². The predicted octanol–water partition coefficient (Wildman–Crippen LogP) is 3.35. The van der Waals surface area contributed by atoms with E-state index in [4.69, 9.17) is 9.47 Å². The van der Waals surface area contributed by atoms with Gasteiger partial charge in [-0.2, -0.15) is 0 Å². The third kappa shape index (κ3) is 3.76. The zero-order valence-electron chi connectivity index (χ0n) is 14.6. The van der Waals surface area contributed by atoms with Crippen molar-refractivity contribution in [1.29, 1.82) is 0 Å². The maximum absolute atomic E-state index is 12.7. The lowest BCUT2D eigenvalue weighted by molar-refractivity contribution is 0.0709. The zero-order chi connectivity index (χ0) is 17.9. The third-order valence-electron chi connectivity index (χ3n) is 4.50. The van der Waals surface area contributed by atoms with Crippen LogP contribution >= 0.6 is 23.1 Å². The highest BCUT2D eigenvalue weighted by Gasteiger charge is 2.26. The highest BCUT2D eigenvalue weighted by Crippen LogP contribution is 2.33. The molecule has 1 aromatic heterocycles. The quantitative estimate of drug-likeness (QED) is 0.807. The van der Waals surface area contributed by atoms with E-state index in [0.717, 1.165) is 40.9 Å². The van der Waals surface area contributed by atoms with Gasteiger partial charge in [-0.15, -0.1) is 11.3 Å². The molecule has 1 saturated heterocycles. The fraction of sp³-hybridized carbons (Fsp3) is 0.444. The minimum Gasteiger partial charge on any atom is -0.486 e. The lowest BCUT2D eigenvalue weighted by Crippen LogP contribution is -2.45. The number of benzene rings is 1. The number of thiazole rings is 1. The van der Waals surface area contributed by atoms with Crippen molar-refractivity contribution in [1.82, 2.24) is 9.88 Å². The van der Waals surface area contributed by atoms with Crippen LogP contribution in [-0.4, -0.2) is 54.4 Å². The van der Waals surface area contributed by atoms with E-state index in [9.17, 15) is 4.79 Å². The number of hydrogen-bond acceptors (Lipinski definition) is 7. The topological polar surface area (TPSA) is 63.7 Å². The molecule has 0 radical (unpaired) electrons. The second kappa shape index (κ2) is 7.75. The zero-order valence-corrected chi connectivity index (χ0v) is 16.2. The first kappa shape index (κ1) is 17.5. The monoisotopic (exact) mass is 391 g/mol. The number of amides is 1. The fourth-order valence-electron chi connectivity index (χ4n) is 3.26. The highest BCUT2D eigenvalue weighted by atomic mass is 32.2. The van der Waals surface area contributed by atoms with E-state index in [1.807, 2.05) is 34.7 Å². The molecular formula is C18H21N3O3S2. The Bertz CT molecular complexity index is 796. The van der Waals surface area contributed by atoms with Gasteiger partial charge in [0.15, 0.2) is 11.5 Å². The summed E-state index contributed by atoms with van der Waals surface area (Å²) in [6.07, 6.45) is 3.99. The Hall–Kier alpha value is -1.93. The molecule has 1 unspecified atom stereocenters. The number of carbonyl (C=O) groups excluding carboxylic acids is 1. The number of rotatable bonds is 4. The van der Waals surface area contributed by atoms with E-state index in [2.05, 4.69) is 10.3 Å². The molecule has 4 rings (SSSR count). The van der Waals surface area contributed by atoms with E-state index in [0.29, 0.717) is 25.5 Å². The van der Waals surface area contributed by atoms with Crippen molar-refractivity contribution in [2.24, 2.45) is 0 Å². The number of ether oxygens (including phenoxy) is 2. The largest absolute Gasteiger partial charge is 0.486 e. The molecule has 0 saturated carbocycles. The molecule has 1 aromatic carbocycles. The van der Waals surface area contributed by atoms with E-state index in [-0.39, 0.29) is 11.9 Å². The Kier molecular flexibility index (Phi) is 5.21. The lowest BCUT2D eigenvalue weighted by Gasteiger charge is -2.33. The summed E-state index contributed by atoms with van der Waals surface area (Å²) in [5.74, 6) is 1.59. The molecular weight excluding hydrogens is 370 g/mol. The van der Waals surface area contributed by atoms with Crippen LogP contribution in [0.1, 0.15) is 23.3 Å². The molecule has 0 bridgehead atoms. The maximum Gasteiger partial charge on any atom is 0.273 e. The van der Waals surface area contributed by atoms with Crippen LogP contribution in [0.25, 0.3) is 0 Å². The van der Waals surface area contributed by atoms with Crippen molar-refractivity contribution >= 4 is 34.7 Å². The normalized spacial score (nSPS) is 19.3. The number of hydrogen-bond donors (Lipinski definition) is 1. The summed E-state index contributed by atoms with van der Waals surface area (Å²) in [7, 11) is 0. The first-order chi connectivity index (χ1) is 12.7. The summed E-state index contributed by atoms with van der Waals surface area (Å²) in [4.78, 5) is 19.0. The molecule has 0 spiro atoms. The van der Waals surface area contributed by atoms with Crippen LogP contribution in [0.2, 0.25) is 0 Å². The molecule has 8 heteroatoms. The number of likely N-dealkylation sites (tertiary alicyclic amines) is 1. The molecule has 26 heavy (non-hydrogen) atoms. The van der Waals surface area contributed by atoms with E-state index in [1.165, 1.54) is 11.3 Å². The molecule has 1 amide bonds. The fourth-order valence-corrected chi connectivity index (χ4v) is 4.50. The Morgan fingerprint density at radius 1 is 1.35 bits per heavy atom. The molecule has 2 aliphatic rings. The second-order valence-electron chi connectivity index (χ2n) is 6.30. The number of nitrogens with zero attached hydrogens (tertiary/aromatic N) is 2. The van der Waals surface area contributed by atoms with Crippen LogP contribution < -0.4 is 14.8 Å². The SMILES string of the molecule is CSc1nc(C(=O)N2CCCC(Nc3ccc4c(c3)OCCO4)C2)cs1. The number of aromatic nitrogens is 1. The van der Waals surface area contributed by atoms with Crippen molar-refractivity contribution in [2.45, 2.75) is 23.2 Å². The molecule has 1 atom stereocenters. The molecule has 2 aromatic rings. The molecule has 3 heterocycles. The average molecular weight is 392 g/mol. The van der Waals surface area contributed by atoms with Crippen molar-refractivity contribution in [3.63, 3.8) is 0 Å². The number of carbonyl (C=O) groups is 1. The van der Waals surface area contributed by atoms with Gasteiger partial charge in [0, 0.05) is 36.3 Å². The Balaban J connectivity index is 1.41. The molecule has 1 fully saturated rings. The van der Waals surface area contributed by atoms with Gasteiger partial charge in [0.05, 0.1) is 0 Å². The number of anilines is 1. The van der Waals surface area contributed by atoms with Gasteiger partial charge in [-0.3, -0.25) is 4.79 Å². The number of piperidine rings is 1. The second-order valence-corrected chi connectivity index (χ2v) is 8.21. The summed E-state index contributed by atoms with van der Waals surface area (Å²) in [5, 5.41) is 5.39. The Morgan fingerprint density at radius 2 is 2.19 bits per heavy atom. The van der Waals surface area contributed by atoms with E-state index >= 15 is 0 Å². The Morgan fingerprint density at radius 3 is 3.00 bits per heavy atom. The van der Waals surface area contributed by atoms with Gasteiger partial charge in [-0.1, -0.05) is 11.8 Å².